The summed E-state index contributed by atoms with van der Waals surface area (Å²) in [6, 6.07) is 0. The summed E-state index contributed by atoms with van der Waals surface area (Å²) in [6.07, 6.45) is 4.44. The largest absolute Gasteiger partial charge is 0.356 e. The van der Waals surface area contributed by atoms with E-state index in [0.717, 1.165) is 17.2 Å². The van der Waals surface area contributed by atoms with Gasteiger partial charge in [-0.05, 0) is 25.6 Å². The third kappa shape index (κ3) is 1.73. The second-order valence-electron chi connectivity index (χ2n) is 2.99. The van der Waals surface area contributed by atoms with E-state index in [1.54, 1.807) is 11.3 Å². The van der Waals surface area contributed by atoms with Crippen molar-refractivity contribution in [1.82, 2.24) is 10.3 Å². The summed E-state index contributed by atoms with van der Waals surface area (Å²) in [4.78, 5) is 4.39. The van der Waals surface area contributed by atoms with Gasteiger partial charge in [0.15, 0.2) is 0 Å². The third-order valence-electron chi connectivity index (χ3n) is 1.92. The highest BCUT2D eigenvalue weighted by Crippen LogP contribution is 2.28. The van der Waals surface area contributed by atoms with Crippen LogP contribution in [0, 0.1) is 6.92 Å². The standard InChI is InChI=1S/C9H13N3S/c1-3-10-8-5-4-7-9(12-8)13-6(2)11-7/h4-5,8,10,12H,3H2,1-2H3. The molecule has 0 aliphatic carbocycles. The SMILES string of the molecule is CCNC1C=Cc2nc(C)sc2N1. The molecule has 1 aromatic rings. The van der Waals surface area contributed by atoms with Crippen molar-refractivity contribution in [2.45, 2.75) is 20.0 Å². The molecule has 13 heavy (non-hydrogen) atoms. The number of aromatic nitrogens is 1. The summed E-state index contributed by atoms with van der Waals surface area (Å²) in [5.41, 5.74) is 1.07. The summed E-state index contributed by atoms with van der Waals surface area (Å²) < 4.78 is 0. The molecule has 1 aliphatic heterocycles. The number of nitrogens with one attached hydrogen (secondary N) is 2. The van der Waals surface area contributed by atoms with Gasteiger partial charge < -0.3 is 5.32 Å². The van der Waals surface area contributed by atoms with E-state index in [-0.39, 0.29) is 6.17 Å². The molecule has 2 heterocycles. The summed E-state index contributed by atoms with van der Waals surface area (Å²) in [5, 5.41) is 8.98. The molecular formula is C9H13N3S. The van der Waals surface area contributed by atoms with Crippen molar-refractivity contribution in [2.75, 3.05) is 11.9 Å². The van der Waals surface area contributed by atoms with Crippen LogP contribution in [-0.4, -0.2) is 17.7 Å². The van der Waals surface area contributed by atoms with Crippen LogP contribution in [0.4, 0.5) is 5.00 Å². The molecule has 0 spiro atoms. The summed E-state index contributed by atoms with van der Waals surface area (Å²) in [6.45, 7) is 5.10. The first-order chi connectivity index (χ1) is 6.29. The smallest absolute Gasteiger partial charge is 0.118 e. The lowest BCUT2D eigenvalue weighted by molar-refractivity contribution is 0.672. The fourth-order valence-electron chi connectivity index (χ4n) is 1.38. The molecule has 2 rings (SSSR count). The van der Waals surface area contributed by atoms with Crippen molar-refractivity contribution in [1.29, 1.82) is 0 Å². The molecule has 1 aromatic heterocycles. The van der Waals surface area contributed by atoms with E-state index in [1.807, 2.05) is 6.92 Å². The van der Waals surface area contributed by atoms with Gasteiger partial charge in [-0.25, -0.2) is 4.98 Å². The first kappa shape index (κ1) is 8.72. The van der Waals surface area contributed by atoms with Crippen molar-refractivity contribution in [2.24, 2.45) is 0 Å². The number of rotatable bonds is 2. The zero-order valence-electron chi connectivity index (χ0n) is 7.79. The predicted molar refractivity (Wildman–Crippen MR) is 57.0 cm³/mol. The topological polar surface area (TPSA) is 37.0 Å². The molecule has 0 radical (unpaired) electrons. The van der Waals surface area contributed by atoms with E-state index in [4.69, 9.17) is 0 Å². The van der Waals surface area contributed by atoms with Gasteiger partial charge in [0.2, 0.25) is 0 Å². The lowest BCUT2D eigenvalue weighted by Crippen LogP contribution is -2.35. The fraction of sp³-hybridized carbons (Fsp3) is 0.444. The maximum Gasteiger partial charge on any atom is 0.118 e. The predicted octanol–water partition coefficient (Wildman–Crippen LogP) is 1.83. The molecule has 70 valence electrons. The van der Waals surface area contributed by atoms with Crippen LogP contribution >= 0.6 is 11.3 Å². The maximum atomic E-state index is 4.39. The van der Waals surface area contributed by atoms with Crippen LogP contribution in [0.25, 0.3) is 6.08 Å². The quantitative estimate of drug-likeness (QED) is 0.756. The number of thiazole rings is 1. The molecule has 0 saturated heterocycles. The third-order valence-corrected chi connectivity index (χ3v) is 2.84. The second kappa shape index (κ2) is 3.47. The summed E-state index contributed by atoms with van der Waals surface area (Å²) in [5.74, 6) is 0. The van der Waals surface area contributed by atoms with Gasteiger partial charge in [-0.3, -0.25) is 5.32 Å². The average Bonchev–Trinajstić information content (AvgIpc) is 2.44. The summed E-state index contributed by atoms with van der Waals surface area (Å²) in [7, 11) is 0. The molecule has 2 N–H and O–H groups in total. The van der Waals surface area contributed by atoms with Gasteiger partial charge in [0.05, 0.1) is 16.9 Å². The van der Waals surface area contributed by atoms with Crippen molar-refractivity contribution in [3.8, 4) is 0 Å². The molecule has 1 aliphatic rings. The highest BCUT2D eigenvalue weighted by molar-refractivity contribution is 7.15. The zero-order chi connectivity index (χ0) is 9.26. The van der Waals surface area contributed by atoms with Crippen molar-refractivity contribution in [3.63, 3.8) is 0 Å². The molecule has 0 bridgehead atoms. The summed E-state index contributed by atoms with van der Waals surface area (Å²) >= 11 is 1.71. The highest BCUT2D eigenvalue weighted by Gasteiger charge is 2.14. The molecule has 0 fully saturated rings. The monoisotopic (exact) mass is 195 g/mol. The van der Waals surface area contributed by atoms with Crippen LogP contribution in [0.2, 0.25) is 0 Å². The minimum absolute atomic E-state index is 0.261. The molecule has 4 heteroatoms. The van der Waals surface area contributed by atoms with Gasteiger partial charge in [-0.1, -0.05) is 6.92 Å². The normalized spacial score (nSPS) is 19.7. The fourth-order valence-corrected chi connectivity index (χ4v) is 2.22. The first-order valence-corrected chi connectivity index (χ1v) is 5.27. The number of likely N-dealkylation sites (N-methyl/N-ethyl adjacent to an activating group) is 1. The highest BCUT2D eigenvalue weighted by atomic mass is 32.1. The van der Waals surface area contributed by atoms with E-state index in [9.17, 15) is 0 Å². The molecule has 1 unspecified atom stereocenters. The molecule has 0 aromatic carbocycles. The van der Waals surface area contributed by atoms with Crippen LogP contribution in [0.1, 0.15) is 17.6 Å². The Labute approximate surface area is 81.9 Å². The number of hydrogen-bond donors (Lipinski definition) is 2. The lowest BCUT2D eigenvalue weighted by Gasteiger charge is -2.19. The molecule has 1 atom stereocenters. The first-order valence-electron chi connectivity index (χ1n) is 4.45. The van der Waals surface area contributed by atoms with Crippen molar-refractivity contribution < 1.29 is 0 Å². The second-order valence-corrected chi connectivity index (χ2v) is 4.19. The Morgan fingerprint density at radius 1 is 1.69 bits per heavy atom. The van der Waals surface area contributed by atoms with E-state index < -0.39 is 0 Å². The minimum atomic E-state index is 0.261. The Morgan fingerprint density at radius 3 is 3.31 bits per heavy atom. The molecule has 3 nitrogen and oxygen atoms in total. The van der Waals surface area contributed by atoms with Gasteiger partial charge in [-0.15, -0.1) is 11.3 Å². The zero-order valence-corrected chi connectivity index (χ0v) is 8.61. The Bertz CT molecular complexity index is 330. The number of anilines is 1. The van der Waals surface area contributed by atoms with Gasteiger partial charge >= 0.3 is 0 Å². The van der Waals surface area contributed by atoms with Crippen molar-refractivity contribution in [3.05, 3.63) is 16.8 Å². The Hall–Kier alpha value is -0.870. The van der Waals surface area contributed by atoms with E-state index >= 15 is 0 Å². The van der Waals surface area contributed by atoms with Crippen LogP contribution in [0.5, 0.6) is 0 Å². The van der Waals surface area contributed by atoms with Gasteiger partial charge in [0.25, 0.3) is 0 Å². The van der Waals surface area contributed by atoms with Crippen LogP contribution in [0.15, 0.2) is 6.08 Å². The Morgan fingerprint density at radius 2 is 2.54 bits per heavy atom. The maximum absolute atomic E-state index is 4.39. The van der Waals surface area contributed by atoms with E-state index in [0.29, 0.717) is 0 Å². The average molecular weight is 195 g/mol. The van der Waals surface area contributed by atoms with Gasteiger partial charge in [-0.2, -0.15) is 0 Å². The van der Waals surface area contributed by atoms with Crippen LogP contribution in [-0.2, 0) is 0 Å². The van der Waals surface area contributed by atoms with Gasteiger partial charge in [0.1, 0.15) is 5.00 Å². The molecule has 0 saturated carbocycles. The number of fused-ring (bicyclic) bond motifs is 1. The van der Waals surface area contributed by atoms with Crippen LogP contribution in [0.3, 0.4) is 0 Å². The number of hydrogen-bond acceptors (Lipinski definition) is 4. The lowest BCUT2D eigenvalue weighted by atomic mass is 10.3. The Kier molecular flexibility index (Phi) is 2.33. The number of nitrogens with zero attached hydrogens (tertiary/aromatic N) is 1. The van der Waals surface area contributed by atoms with Crippen molar-refractivity contribution >= 4 is 22.4 Å². The van der Waals surface area contributed by atoms with E-state index in [2.05, 4.69) is 34.7 Å². The molecule has 0 amide bonds. The Balaban J connectivity index is 2.18. The van der Waals surface area contributed by atoms with Gasteiger partial charge in [0, 0.05) is 0 Å². The minimum Gasteiger partial charge on any atom is -0.356 e. The van der Waals surface area contributed by atoms with Crippen LogP contribution < -0.4 is 10.6 Å². The molecular weight excluding hydrogens is 182 g/mol. The van der Waals surface area contributed by atoms with E-state index in [1.165, 1.54) is 5.00 Å². The number of aryl methyl sites for hydroxylation is 1.